The van der Waals surface area contributed by atoms with Gasteiger partial charge in [-0.2, -0.15) is 0 Å². The molecule has 0 radical (unpaired) electrons. The van der Waals surface area contributed by atoms with Gasteiger partial charge in [0.25, 0.3) is 11.1 Å². The fourth-order valence-corrected chi connectivity index (χ4v) is 2.35. The Bertz CT molecular complexity index is 800. The van der Waals surface area contributed by atoms with Gasteiger partial charge in [-0.05, 0) is 36.0 Å². The minimum Gasteiger partial charge on any atom is -0.431 e. The first-order valence-electron chi connectivity index (χ1n) is 6.05. The summed E-state index contributed by atoms with van der Waals surface area (Å²) < 4.78 is 5.58. The third-order valence-electron chi connectivity index (χ3n) is 2.68. The number of nitrogens with zero attached hydrogens (tertiary/aromatic N) is 3. The van der Waals surface area contributed by atoms with E-state index in [2.05, 4.69) is 20.5 Å². The van der Waals surface area contributed by atoms with Crippen molar-refractivity contribution in [2.24, 2.45) is 0 Å². The molecule has 0 aliphatic heterocycles. The van der Waals surface area contributed by atoms with Crippen LogP contribution in [0.3, 0.4) is 0 Å². The molecule has 106 valence electrons. The van der Waals surface area contributed by atoms with Gasteiger partial charge in [-0.1, -0.05) is 0 Å². The van der Waals surface area contributed by atoms with E-state index in [1.807, 2.05) is 0 Å². The molecule has 2 aromatic heterocycles. The molecule has 0 spiro atoms. The van der Waals surface area contributed by atoms with Crippen LogP contribution in [0.25, 0.3) is 11.1 Å². The Morgan fingerprint density at radius 3 is 2.86 bits per heavy atom. The average molecular weight is 301 g/mol. The molecular formula is C13H11N5O2S. The number of fused-ring (bicyclic) bond motifs is 1. The summed E-state index contributed by atoms with van der Waals surface area (Å²) in [6.07, 6.45) is 0. The highest BCUT2D eigenvalue weighted by Crippen LogP contribution is 2.29. The smallest absolute Gasteiger partial charge is 0.271 e. The van der Waals surface area contributed by atoms with Crippen molar-refractivity contribution in [3.63, 3.8) is 0 Å². The van der Waals surface area contributed by atoms with Crippen LogP contribution in [0.15, 0.2) is 45.0 Å². The van der Waals surface area contributed by atoms with Gasteiger partial charge in [0, 0.05) is 18.8 Å². The van der Waals surface area contributed by atoms with Crippen LogP contribution >= 0.6 is 11.8 Å². The van der Waals surface area contributed by atoms with Crippen molar-refractivity contribution < 1.29 is 9.21 Å². The molecule has 0 fully saturated rings. The topological polar surface area (TPSA) is 107 Å². The van der Waals surface area contributed by atoms with Crippen LogP contribution in [0.1, 0.15) is 10.5 Å². The molecule has 1 aromatic carbocycles. The average Bonchev–Trinajstić information content (AvgIpc) is 2.88. The number of hydrogen-bond donors (Lipinski definition) is 2. The zero-order chi connectivity index (χ0) is 14.8. The maximum Gasteiger partial charge on any atom is 0.271 e. The Labute approximate surface area is 123 Å². The first-order valence-corrected chi connectivity index (χ1v) is 6.87. The van der Waals surface area contributed by atoms with Gasteiger partial charge < -0.3 is 15.5 Å². The standard InChI is InChI=1S/C13H11N5O2S/c1-15-12(19)9-4-5-11(18-17-9)21-13-16-8-3-2-7(14)6-10(8)20-13/h2-6H,14H2,1H3,(H,15,19). The molecule has 3 rings (SSSR count). The minimum absolute atomic E-state index is 0.257. The molecule has 0 aliphatic rings. The van der Waals surface area contributed by atoms with Gasteiger partial charge in [0.05, 0.1) is 0 Å². The molecule has 0 saturated heterocycles. The van der Waals surface area contributed by atoms with Gasteiger partial charge in [-0.15, -0.1) is 10.2 Å². The highest BCUT2D eigenvalue weighted by molar-refractivity contribution is 7.99. The second-order valence-corrected chi connectivity index (χ2v) is 5.12. The molecule has 3 aromatic rings. The number of hydrogen-bond acceptors (Lipinski definition) is 7. The van der Waals surface area contributed by atoms with E-state index in [0.717, 1.165) is 5.52 Å². The summed E-state index contributed by atoms with van der Waals surface area (Å²) in [7, 11) is 1.54. The minimum atomic E-state index is -0.281. The third-order valence-corrected chi connectivity index (χ3v) is 3.46. The number of benzene rings is 1. The maximum absolute atomic E-state index is 11.4. The molecule has 2 heterocycles. The summed E-state index contributed by atoms with van der Waals surface area (Å²) in [6, 6.07) is 8.54. The molecule has 3 N–H and O–H groups in total. The SMILES string of the molecule is CNC(=O)c1ccc(Sc2nc3ccc(N)cc3o2)nn1. The summed E-state index contributed by atoms with van der Waals surface area (Å²) in [5.74, 6) is -0.281. The molecule has 8 heteroatoms. The number of amides is 1. The van der Waals surface area contributed by atoms with Crippen molar-refractivity contribution in [2.45, 2.75) is 10.2 Å². The van der Waals surface area contributed by atoms with Crippen LogP contribution in [-0.2, 0) is 0 Å². The number of oxazole rings is 1. The van der Waals surface area contributed by atoms with E-state index in [0.29, 0.717) is 21.5 Å². The lowest BCUT2D eigenvalue weighted by Crippen LogP contribution is -2.19. The monoisotopic (exact) mass is 301 g/mol. The number of carbonyl (C=O) groups is 1. The Balaban J connectivity index is 1.83. The Morgan fingerprint density at radius 1 is 1.29 bits per heavy atom. The van der Waals surface area contributed by atoms with Crippen LogP contribution in [0.4, 0.5) is 5.69 Å². The summed E-state index contributed by atoms with van der Waals surface area (Å²) in [4.78, 5) is 15.7. The number of nitrogens with one attached hydrogen (secondary N) is 1. The Morgan fingerprint density at radius 2 is 2.14 bits per heavy atom. The molecule has 7 nitrogen and oxygen atoms in total. The van der Waals surface area contributed by atoms with Gasteiger partial charge in [0.1, 0.15) is 10.5 Å². The molecule has 21 heavy (non-hydrogen) atoms. The van der Waals surface area contributed by atoms with Crippen molar-refractivity contribution in [3.05, 3.63) is 36.0 Å². The first-order chi connectivity index (χ1) is 10.2. The number of rotatable bonds is 3. The predicted octanol–water partition coefficient (Wildman–Crippen LogP) is 1.71. The molecular weight excluding hydrogens is 290 g/mol. The second-order valence-electron chi connectivity index (χ2n) is 4.14. The van der Waals surface area contributed by atoms with Crippen molar-refractivity contribution in [1.29, 1.82) is 0 Å². The van der Waals surface area contributed by atoms with Crippen molar-refractivity contribution in [1.82, 2.24) is 20.5 Å². The number of nitrogen functional groups attached to an aromatic ring is 1. The fourth-order valence-electron chi connectivity index (χ4n) is 1.68. The number of carbonyl (C=O) groups excluding carboxylic acids is 1. The normalized spacial score (nSPS) is 10.7. The van der Waals surface area contributed by atoms with Gasteiger partial charge in [-0.3, -0.25) is 4.79 Å². The van der Waals surface area contributed by atoms with Crippen molar-refractivity contribution >= 4 is 34.5 Å². The van der Waals surface area contributed by atoms with Gasteiger partial charge >= 0.3 is 0 Å². The second kappa shape index (κ2) is 5.41. The summed E-state index contributed by atoms with van der Waals surface area (Å²) in [5, 5.41) is 11.3. The molecule has 0 atom stereocenters. The number of anilines is 1. The summed E-state index contributed by atoms with van der Waals surface area (Å²) >= 11 is 1.22. The number of nitrogens with two attached hydrogens (primary N) is 1. The van der Waals surface area contributed by atoms with E-state index in [-0.39, 0.29) is 11.6 Å². The van der Waals surface area contributed by atoms with Crippen LogP contribution in [-0.4, -0.2) is 28.1 Å². The Hall–Kier alpha value is -2.61. The van der Waals surface area contributed by atoms with Crippen molar-refractivity contribution in [3.8, 4) is 0 Å². The van der Waals surface area contributed by atoms with E-state index in [1.165, 1.54) is 18.8 Å². The van der Waals surface area contributed by atoms with E-state index in [9.17, 15) is 4.79 Å². The predicted molar refractivity (Wildman–Crippen MR) is 78.0 cm³/mol. The summed E-state index contributed by atoms with van der Waals surface area (Å²) in [6.45, 7) is 0. The molecule has 0 bridgehead atoms. The highest BCUT2D eigenvalue weighted by atomic mass is 32.2. The van der Waals surface area contributed by atoms with Crippen LogP contribution < -0.4 is 11.1 Å². The van der Waals surface area contributed by atoms with Gasteiger partial charge in [0.15, 0.2) is 11.3 Å². The van der Waals surface area contributed by atoms with E-state index >= 15 is 0 Å². The zero-order valence-corrected chi connectivity index (χ0v) is 11.8. The van der Waals surface area contributed by atoms with Crippen LogP contribution in [0, 0.1) is 0 Å². The lowest BCUT2D eigenvalue weighted by Gasteiger charge is -1.98. The maximum atomic E-state index is 11.4. The lowest BCUT2D eigenvalue weighted by atomic mass is 10.3. The van der Waals surface area contributed by atoms with E-state index < -0.39 is 0 Å². The summed E-state index contributed by atoms with van der Waals surface area (Å²) in [5.41, 5.74) is 7.90. The zero-order valence-electron chi connectivity index (χ0n) is 11.0. The molecule has 0 aliphatic carbocycles. The van der Waals surface area contributed by atoms with Crippen LogP contribution in [0.5, 0.6) is 0 Å². The van der Waals surface area contributed by atoms with Crippen LogP contribution in [0.2, 0.25) is 0 Å². The quantitative estimate of drug-likeness (QED) is 0.709. The number of aromatic nitrogens is 3. The largest absolute Gasteiger partial charge is 0.431 e. The highest BCUT2D eigenvalue weighted by Gasteiger charge is 2.10. The lowest BCUT2D eigenvalue weighted by molar-refractivity contribution is 0.0957. The van der Waals surface area contributed by atoms with Gasteiger partial charge in [0.2, 0.25) is 0 Å². The molecule has 0 unspecified atom stereocenters. The van der Waals surface area contributed by atoms with E-state index in [4.69, 9.17) is 10.2 Å². The molecule has 0 saturated carbocycles. The Kier molecular flexibility index (Phi) is 3.44. The van der Waals surface area contributed by atoms with Crippen molar-refractivity contribution in [2.75, 3.05) is 12.8 Å². The molecule has 1 amide bonds. The first kappa shape index (κ1) is 13.4. The third kappa shape index (κ3) is 2.79. The van der Waals surface area contributed by atoms with Gasteiger partial charge in [-0.25, -0.2) is 4.98 Å². The fraction of sp³-hybridized carbons (Fsp3) is 0.0769. The van der Waals surface area contributed by atoms with E-state index in [1.54, 1.807) is 30.3 Å².